The van der Waals surface area contributed by atoms with Crippen molar-refractivity contribution in [2.75, 3.05) is 7.11 Å². The highest BCUT2D eigenvalue weighted by Crippen LogP contribution is 2.28. The van der Waals surface area contributed by atoms with Crippen LogP contribution in [-0.4, -0.2) is 17.3 Å². The summed E-state index contributed by atoms with van der Waals surface area (Å²) in [6.45, 7) is 1.82. The van der Waals surface area contributed by atoms with Gasteiger partial charge in [0.15, 0.2) is 0 Å². The summed E-state index contributed by atoms with van der Waals surface area (Å²) in [4.78, 5) is 12.3. The van der Waals surface area contributed by atoms with Crippen LogP contribution in [0.3, 0.4) is 0 Å². The Balaban J connectivity index is 2.13. The number of ether oxygens (including phenoxy) is 1. The third-order valence-corrected chi connectivity index (χ3v) is 3.85. The first-order chi connectivity index (χ1) is 12.1. The van der Waals surface area contributed by atoms with Crippen molar-refractivity contribution in [3.8, 4) is 16.9 Å². The smallest absolute Gasteiger partial charge is 0.272 e. The SMILES string of the molecule is COc1cccc(-c2c(C)n[nH]c(=O)c2C=Cc2cccc(F)c2)c1. The third-order valence-electron chi connectivity index (χ3n) is 3.85. The van der Waals surface area contributed by atoms with Crippen LogP contribution in [0.1, 0.15) is 16.8 Å². The number of aromatic nitrogens is 2. The van der Waals surface area contributed by atoms with Gasteiger partial charge in [-0.2, -0.15) is 5.10 Å². The molecule has 0 bridgehead atoms. The molecule has 0 aliphatic carbocycles. The number of methoxy groups -OCH3 is 1. The van der Waals surface area contributed by atoms with Crippen LogP contribution in [0.2, 0.25) is 0 Å². The molecule has 1 heterocycles. The van der Waals surface area contributed by atoms with E-state index in [9.17, 15) is 9.18 Å². The van der Waals surface area contributed by atoms with Gasteiger partial charge in [-0.15, -0.1) is 0 Å². The molecule has 0 spiro atoms. The summed E-state index contributed by atoms with van der Waals surface area (Å²) in [5, 5.41) is 6.56. The van der Waals surface area contributed by atoms with E-state index in [2.05, 4.69) is 10.2 Å². The molecule has 0 unspecified atom stereocenters. The molecular weight excluding hydrogens is 319 g/mol. The minimum Gasteiger partial charge on any atom is -0.497 e. The zero-order valence-electron chi connectivity index (χ0n) is 13.9. The fraction of sp³-hybridized carbons (Fsp3) is 0.100. The molecule has 1 aromatic heterocycles. The molecule has 126 valence electrons. The fourth-order valence-electron chi connectivity index (χ4n) is 2.65. The van der Waals surface area contributed by atoms with E-state index in [1.54, 1.807) is 31.4 Å². The Kier molecular flexibility index (Phi) is 4.75. The van der Waals surface area contributed by atoms with Crippen molar-refractivity contribution in [2.45, 2.75) is 6.92 Å². The lowest BCUT2D eigenvalue weighted by Crippen LogP contribution is -2.14. The summed E-state index contributed by atoms with van der Waals surface area (Å²) >= 11 is 0. The van der Waals surface area contributed by atoms with Gasteiger partial charge in [0.05, 0.1) is 18.4 Å². The second kappa shape index (κ2) is 7.13. The van der Waals surface area contributed by atoms with E-state index in [0.717, 1.165) is 11.1 Å². The van der Waals surface area contributed by atoms with Gasteiger partial charge >= 0.3 is 0 Å². The van der Waals surface area contributed by atoms with Crippen LogP contribution in [0.15, 0.2) is 53.3 Å². The first kappa shape index (κ1) is 16.6. The molecule has 3 aromatic rings. The Morgan fingerprint density at radius 1 is 1.12 bits per heavy atom. The summed E-state index contributed by atoms with van der Waals surface area (Å²) in [7, 11) is 1.59. The minimum atomic E-state index is -0.324. The summed E-state index contributed by atoms with van der Waals surface area (Å²) in [6, 6.07) is 13.6. The standard InChI is InChI=1S/C20H17FN2O2/c1-13-19(15-6-4-8-17(12-15)25-2)18(20(24)23-22-13)10-9-14-5-3-7-16(21)11-14/h3-12H,1-2H3,(H,23,24). The molecule has 2 aromatic carbocycles. The molecule has 25 heavy (non-hydrogen) atoms. The highest BCUT2D eigenvalue weighted by Gasteiger charge is 2.12. The van der Waals surface area contributed by atoms with Gasteiger partial charge in [0.1, 0.15) is 11.6 Å². The monoisotopic (exact) mass is 336 g/mol. The number of halogens is 1. The number of rotatable bonds is 4. The number of hydrogen-bond acceptors (Lipinski definition) is 3. The van der Waals surface area contributed by atoms with Crippen molar-refractivity contribution in [1.29, 1.82) is 0 Å². The molecule has 0 atom stereocenters. The van der Waals surface area contributed by atoms with Gasteiger partial charge in [-0.3, -0.25) is 4.79 Å². The Bertz CT molecular complexity index is 993. The molecule has 1 N–H and O–H groups in total. The van der Waals surface area contributed by atoms with Crippen LogP contribution < -0.4 is 10.3 Å². The number of benzene rings is 2. The molecule has 0 saturated carbocycles. The quantitative estimate of drug-likeness (QED) is 0.781. The summed E-state index contributed by atoms with van der Waals surface area (Å²) in [6.07, 6.45) is 3.38. The van der Waals surface area contributed by atoms with E-state index in [1.165, 1.54) is 12.1 Å². The number of nitrogens with zero attached hydrogens (tertiary/aromatic N) is 1. The first-order valence-corrected chi connectivity index (χ1v) is 7.76. The third kappa shape index (κ3) is 3.66. The Morgan fingerprint density at radius 3 is 2.68 bits per heavy atom. The Labute approximate surface area is 144 Å². The first-order valence-electron chi connectivity index (χ1n) is 7.76. The Morgan fingerprint density at radius 2 is 1.92 bits per heavy atom. The van der Waals surface area contributed by atoms with Gasteiger partial charge in [0, 0.05) is 5.56 Å². The molecule has 4 nitrogen and oxygen atoms in total. The molecule has 3 rings (SSSR count). The van der Waals surface area contributed by atoms with E-state index in [0.29, 0.717) is 22.6 Å². The molecule has 0 fully saturated rings. The maximum atomic E-state index is 13.3. The predicted molar refractivity (Wildman–Crippen MR) is 96.9 cm³/mol. The predicted octanol–water partition coefficient (Wildman–Crippen LogP) is 4.06. The van der Waals surface area contributed by atoms with Crippen LogP contribution in [0, 0.1) is 12.7 Å². The second-order valence-electron chi connectivity index (χ2n) is 5.55. The Hall–Kier alpha value is -3.21. The average molecular weight is 336 g/mol. The summed E-state index contributed by atoms with van der Waals surface area (Å²) in [5.74, 6) is 0.368. The van der Waals surface area contributed by atoms with Gasteiger partial charge < -0.3 is 4.74 Å². The van der Waals surface area contributed by atoms with Gasteiger partial charge in [0.25, 0.3) is 5.56 Å². The van der Waals surface area contributed by atoms with Crippen molar-refractivity contribution in [3.05, 3.63) is 81.5 Å². The van der Waals surface area contributed by atoms with Crippen LogP contribution in [0.4, 0.5) is 4.39 Å². The number of nitrogens with one attached hydrogen (secondary N) is 1. The summed E-state index contributed by atoms with van der Waals surface area (Å²) < 4.78 is 18.6. The van der Waals surface area contributed by atoms with Crippen LogP contribution >= 0.6 is 0 Å². The van der Waals surface area contributed by atoms with E-state index < -0.39 is 0 Å². The fourth-order valence-corrected chi connectivity index (χ4v) is 2.65. The molecule has 0 aliphatic heterocycles. The molecule has 0 aliphatic rings. The van der Waals surface area contributed by atoms with Gasteiger partial charge in [0.2, 0.25) is 0 Å². The lowest BCUT2D eigenvalue weighted by Gasteiger charge is -2.10. The van der Waals surface area contributed by atoms with Crippen molar-refractivity contribution < 1.29 is 9.13 Å². The zero-order valence-corrected chi connectivity index (χ0v) is 13.9. The van der Waals surface area contributed by atoms with Crippen molar-refractivity contribution in [2.24, 2.45) is 0 Å². The number of hydrogen-bond donors (Lipinski definition) is 1. The maximum absolute atomic E-state index is 13.3. The van der Waals surface area contributed by atoms with Crippen molar-refractivity contribution in [1.82, 2.24) is 10.2 Å². The summed E-state index contributed by atoms with van der Waals surface area (Å²) in [5.41, 5.74) is 3.06. The topological polar surface area (TPSA) is 55.0 Å². The van der Waals surface area contributed by atoms with Gasteiger partial charge in [-0.1, -0.05) is 30.3 Å². The van der Waals surface area contributed by atoms with Crippen LogP contribution in [-0.2, 0) is 0 Å². The molecule has 5 heteroatoms. The molecule has 0 saturated heterocycles. The lowest BCUT2D eigenvalue weighted by molar-refractivity contribution is 0.415. The number of aryl methyl sites for hydroxylation is 1. The van der Waals surface area contributed by atoms with Crippen LogP contribution in [0.25, 0.3) is 23.3 Å². The van der Waals surface area contributed by atoms with E-state index in [4.69, 9.17) is 4.74 Å². The normalized spacial score (nSPS) is 11.0. The minimum absolute atomic E-state index is 0.309. The van der Waals surface area contributed by atoms with Crippen molar-refractivity contribution >= 4 is 12.2 Å². The number of H-pyrrole nitrogens is 1. The van der Waals surface area contributed by atoms with Gasteiger partial charge in [-0.05, 0) is 48.4 Å². The highest BCUT2D eigenvalue weighted by atomic mass is 19.1. The second-order valence-corrected chi connectivity index (χ2v) is 5.55. The zero-order chi connectivity index (χ0) is 17.8. The van der Waals surface area contributed by atoms with Crippen LogP contribution in [0.5, 0.6) is 5.75 Å². The van der Waals surface area contributed by atoms with Gasteiger partial charge in [-0.25, -0.2) is 9.49 Å². The average Bonchev–Trinajstić information content (AvgIpc) is 2.62. The number of aromatic amines is 1. The largest absolute Gasteiger partial charge is 0.497 e. The van der Waals surface area contributed by atoms with Crippen molar-refractivity contribution in [3.63, 3.8) is 0 Å². The molecular formula is C20H17FN2O2. The van der Waals surface area contributed by atoms with E-state index >= 15 is 0 Å². The highest BCUT2D eigenvalue weighted by molar-refractivity contribution is 5.81. The lowest BCUT2D eigenvalue weighted by atomic mass is 9.98. The molecule has 0 amide bonds. The molecule has 0 radical (unpaired) electrons. The maximum Gasteiger partial charge on any atom is 0.272 e. The van der Waals surface area contributed by atoms with E-state index in [-0.39, 0.29) is 11.4 Å². The van der Waals surface area contributed by atoms with E-state index in [1.807, 2.05) is 31.2 Å².